The minimum absolute atomic E-state index is 0.310. The van der Waals surface area contributed by atoms with Crippen LogP contribution in [-0.4, -0.2) is 12.6 Å². The van der Waals surface area contributed by atoms with E-state index in [1.54, 1.807) is 11.3 Å². The zero-order valence-corrected chi connectivity index (χ0v) is 11.7. The maximum absolute atomic E-state index is 5.96. The number of nitrogens with two attached hydrogens (primary N) is 1. The third-order valence-electron chi connectivity index (χ3n) is 2.49. The Hall–Kier alpha value is 0.100. The molecular formula is C11H19BrN2S. The lowest BCUT2D eigenvalue weighted by atomic mass is 10.0. The van der Waals surface area contributed by atoms with Crippen molar-refractivity contribution >= 4 is 27.3 Å². The van der Waals surface area contributed by atoms with Crippen molar-refractivity contribution in [1.82, 2.24) is 5.32 Å². The van der Waals surface area contributed by atoms with Crippen LogP contribution in [0, 0.1) is 5.92 Å². The normalized spacial score (nSPS) is 13.4. The first-order valence-electron chi connectivity index (χ1n) is 5.29. The second kappa shape index (κ2) is 6.63. The van der Waals surface area contributed by atoms with E-state index in [4.69, 9.17) is 5.73 Å². The highest BCUT2D eigenvalue weighted by Gasteiger charge is 2.06. The van der Waals surface area contributed by atoms with Crippen LogP contribution in [0.15, 0.2) is 15.9 Å². The van der Waals surface area contributed by atoms with E-state index in [1.807, 2.05) is 0 Å². The van der Waals surface area contributed by atoms with E-state index >= 15 is 0 Å². The van der Waals surface area contributed by atoms with E-state index in [0.29, 0.717) is 12.0 Å². The molecule has 1 heterocycles. The second-order valence-corrected chi connectivity index (χ2v) is 5.92. The molecule has 1 aromatic rings. The molecule has 0 bridgehead atoms. The van der Waals surface area contributed by atoms with Gasteiger partial charge in [0.05, 0.1) is 0 Å². The van der Waals surface area contributed by atoms with Crippen LogP contribution in [0.25, 0.3) is 0 Å². The summed E-state index contributed by atoms with van der Waals surface area (Å²) in [5, 5.41) is 5.51. The molecule has 3 N–H and O–H groups in total. The minimum Gasteiger partial charge on any atom is -0.327 e. The highest BCUT2D eigenvalue weighted by Crippen LogP contribution is 2.22. The Morgan fingerprint density at radius 2 is 2.27 bits per heavy atom. The zero-order valence-electron chi connectivity index (χ0n) is 9.29. The molecule has 0 aliphatic carbocycles. The summed E-state index contributed by atoms with van der Waals surface area (Å²) in [6.07, 6.45) is 1.04. The van der Waals surface area contributed by atoms with Gasteiger partial charge in [-0.3, -0.25) is 0 Å². The number of rotatable bonds is 6. The second-order valence-electron chi connectivity index (χ2n) is 4.07. The van der Waals surface area contributed by atoms with Gasteiger partial charge in [0, 0.05) is 21.9 Å². The summed E-state index contributed by atoms with van der Waals surface area (Å²) in [6.45, 7) is 6.26. The van der Waals surface area contributed by atoms with Gasteiger partial charge in [-0.1, -0.05) is 13.8 Å². The molecule has 86 valence electrons. The van der Waals surface area contributed by atoms with Crippen LogP contribution in [0.1, 0.15) is 25.1 Å². The Morgan fingerprint density at radius 1 is 1.53 bits per heavy atom. The highest BCUT2D eigenvalue weighted by molar-refractivity contribution is 9.10. The Bertz CT molecular complexity index is 286. The van der Waals surface area contributed by atoms with Gasteiger partial charge < -0.3 is 11.1 Å². The molecule has 0 saturated carbocycles. The van der Waals surface area contributed by atoms with Crippen molar-refractivity contribution < 1.29 is 0 Å². The highest BCUT2D eigenvalue weighted by atomic mass is 79.9. The van der Waals surface area contributed by atoms with Gasteiger partial charge in [0.25, 0.3) is 0 Å². The first-order valence-corrected chi connectivity index (χ1v) is 6.96. The average molecular weight is 291 g/mol. The first kappa shape index (κ1) is 13.2. The van der Waals surface area contributed by atoms with Crippen molar-refractivity contribution in [3.8, 4) is 0 Å². The van der Waals surface area contributed by atoms with Crippen molar-refractivity contribution in [3.63, 3.8) is 0 Å². The smallest absolute Gasteiger partial charge is 0.0327 e. The summed E-state index contributed by atoms with van der Waals surface area (Å²) < 4.78 is 1.20. The van der Waals surface area contributed by atoms with Crippen LogP contribution >= 0.6 is 27.3 Å². The number of thiophene rings is 1. The lowest BCUT2D eigenvalue weighted by molar-refractivity contribution is 0.450. The van der Waals surface area contributed by atoms with E-state index in [0.717, 1.165) is 19.5 Å². The Kier molecular flexibility index (Phi) is 5.82. The molecule has 4 heteroatoms. The minimum atomic E-state index is 0.310. The molecule has 0 aliphatic rings. The summed E-state index contributed by atoms with van der Waals surface area (Å²) in [5.74, 6) is 0.570. The fraction of sp³-hybridized carbons (Fsp3) is 0.636. The molecule has 1 unspecified atom stereocenters. The summed E-state index contributed by atoms with van der Waals surface area (Å²) >= 11 is 5.29. The fourth-order valence-electron chi connectivity index (χ4n) is 1.26. The van der Waals surface area contributed by atoms with Crippen molar-refractivity contribution in [2.45, 2.75) is 32.9 Å². The van der Waals surface area contributed by atoms with E-state index in [1.165, 1.54) is 9.35 Å². The average Bonchev–Trinajstić information content (AvgIpc) is 2.58. The number of hydrogen-bond acceptors (Lipinski definition) is 3. The number of hydrogen-bond donors (Lipinski definition) is 2. The first-order chi connectivity index (χ1) is 7.11. The van der Waals surface area contributed by atoms with Crippen LogP contribution in [0.3, 0.4) is 0 Å². The molecule has 1 atom stereocenters. The van der Waals surface area contributed by atoms with Gasteiger partial charge in [0.2, 0.25) is 0 Å². The van der Waals surface area contributed by atoms with Crippen molar-refractivity contribution in [2.24, 2.45) is 11.7 Å². The van der Waals surface area contributed by atoms with Crippen LogP contribution in [0.2, 0.25) is 0 Å². The molecule has 0 spiro atoms. The predicted octanol–water partition coefficient (Wildman–Crippen LogP) is 2.97. The molecule has 0 aromatic carbocycles. The van der Waals surface area contributed by atoms with E-state index in [-0.39, 0.29) is 0 Å². The summed E-state index contributed by atoms with van der Waals surface area (Å²) in [4.78, 5) is 1.35. The van der Waals surface area contributed by atoms with Crippen LogP contribution < -0.4 is 11.1 Å². The van der Waals surface area contributed by atoms with E-state index < -0.39 is 0 Å². The molecule has 0 amide bonds. The molecule has 2 nitrogen and oxygen atoms in total. The van der Waals surface area contributed by atoms with E-state index in [9.17, 15) is 0 Å². The van der Waals surface area contributed by atoms with Gasteiger partial charge in [0.15, 0.2) is 0 Å². The van der Waals surface area contributed by atoms with Crippen molar-refractivity contribution in [3.05, 3.63) is 20.8 Å². The molecule has 0 radical (unpaired) electrons. The summed E-state index contributed by atoms with van der Waals surface area (Å²) in [7, 11) is 0. The Morgan fingerprint density at radius 3 is 2.80 bits per heavy atom. The third kappa shape index (κ3) is 4.64. The molecular weight excluding hydrogens is 272 g/mol. The molecule has 15 heavy (non-hydrogen) atoms. The molecule has 0 aliphatic heterocycles. The van der Waals surface area contributed by atoms with Crippen molar-refractivity contribution in [1.29, 1.82) is 0 Å². The quantitative estimate of drug-likeness (QED) is 0.791. The lowest BCUT2D eigenvalue weighted by Gasteiger charge is -2.15. The topological polar surface area (TPSA) is 38.0 Å². The van der Waals surface area contributed by atoms with Gasteiger partial charge in [-0.25, -0.2) is 0 Å². The maximum atomic E-state index is 5.96. The van der Waals surface area contributed by atoms with Crippen LogP contribution in [-0.2, 0) is 6.54 Å². The lowest BCUT2D eigenvalue weighted by Crippen LogP contribution is -2.30. The molecule has 1 aromatic heterocycles. The SMILES string of the molecule is CC(C)C(N)CCNCc1sccc1Br. The summed E-state index contributed by atoms with van der Waals surface area (Å²) in [5.41, 5.74) is 5.96. The summed E-state index contributed by atoms with van der Waals surface area (Å²) in [6, 6.07) is 2.39. The van der Waals surface area contributed by atoms with Gasteiger partial charge in [0.1, 0.15) is 0 Å². The molecule has 0 saturated heterocycles. The largest absolute Gasteiger partial charge is 0.327 e. The monoisotopic (exact) mass is 290 g/mol. The van der Waals surface area contributed by atoms with Crippen molar-refractivity contribution in [2.75, 3.05) is 6.54 Å². The maximum Gasteiger partial charge on any atom is 0.0327 e. The molecule has 1 rings (SSSR count). The fourth-order valence-corrected chi connectivity index (χ4v) is 2.72. The van der Waals surface area contributed by atoms with Gasteiger partial charge in [-0.05, 0) is 46.3 Å². The number of halogens is 1. The van der Waals surface area contributed by atoms with Gasteiger partial charge in [-0.15, -0.1) is 11.3 Å². The van der Waals surface area contributed by atoms with Crippen LogP contribution in [0.4, 0.5) is 0 Å². The Labute approximate surface area is 104 Å². The van der Waals surface area contributed by atoms with Crippen LogP contribution in [0.5, 0.6) is 0 Å². The number of nitrogens with one attached hydrogen (secondary N) is 1. The standard InChI is InChI=1S/C11H19BrN2S/c1-8(2)10(13)3-5-14-7-11-9(12)4-6-15-11/h4,6,8,10,14H,3,5,7,13H2,1-2H3. The Balaban J connectivity index is 2.15. The van der Waals surface area contributed by atoms with E-state index in [2.05, 4.69) is 46.5 Å². The molecule has 0 fully saturated rings. The van der Waals surface area contributed by atoms with Gasteiger partial charge >= 0.3 is 0 Å². The predicted molar refractivity (Wildman–Crippen MR) is 71.2 cm³/mol. The van der Waals surface area contributed by atoms with Gasteiger partial charge in [-0.2, -0.15) is 0 Å². The zero-order chi connectivity index (χ0) is 11.3. The third-order valence-corrected chi connectivity index (χ3v) is 4.41.